The molecule has 22 heavy (non-hydrogen) atoms. The summed E-state index contributed by atoms with van der Waals surface area (Å²) in [4.78, 5) is 0.187. The van der Waals surface area contributed by atoms with Crippen molar-refractivity contribution in [2.75, 3.05) is 6.61 Å². The summed E-state index contributed by atoms with van der Waals surface area (Å²) in [5.74, 6) is -0.506. The maximum atomic E-state index is 12.8. The van der Waals surface area contributed by atoms with Gasteiger partial charge in [-0.1, -0.05) is 48.5 Å². The topological polar surface area (TPSA) is 78.2 Å². The number of aliphatic hydroxyl groups excluding tert-OH is 1. The number of rotatable bonds is 4. The Labute approximate surface area is 129 Å². The normalized spacial score (nSPS) is 27.1. The van der Waals surface area contributed by atoms with E-state index in [1.54, 1.807) is 42.5 Å². The van der Waals surface area contributed by atoms with Crippen LogP contribution >= 0.6 is 0 Å². The van der Waals surface area contributed by atoms with Crippen molar-refractivity contribution in [2.45, 2.75) is 16.1 Å². The molecule has 1 fully saturated rings. The Morgan fingerprint density at radius 2 is 1.59 bits per heavy atom. The smallest absolute Gasteiger partial charge is 0.183 e. The van der Waals surface area contributed by atoms with Crippen LogP contribution in [0.4, 0.5) is 0 Å². The van der Waals surface area contributed by atoms with Crippen molar-refractivity contribution in [3.8, 4) is 6.07 Å². The molecule has 0 amide bonds. The Morgan fingerprint density at radius 3 is 2.09 bits per heavy atom. The first-order chi connectivity index (χ1) is 10.6. The SMILES string of the molecule is N#C[C@]1(CO)[C@H](c2ccccc2)[C@@H]1S(=O)(=O)c1ccccc1. The van der Waals surface area contributed by atoms with Gasteiger partial charge in [0.15, 0.2) is 9.84 Å². The molecule has 1 aliphatic rings. The van der Waals surface area contributed by atoms with Gasteiger partial charge in [0, 0.05) is 5.92 Å². The van der Waals surface area contributed by atoms with Gasteiger partial charge in [-0.25, -0.2) is 8.42 Å². The quantitative estimate of drug-likeness (QED) is 0.938. The van der Waals surface area contributed by atoms with Crippen LogP contribution in [0.25, 0.3) is 0 Å². The van der Waals surface area contributed by atoms with Crippen LogP contribution in [0.2, 0.25) is 0 Å². The molecule has 1 N–H and O–H groups in total. The second kappa shape index (κ2) is 5.24. The molecule has 0 aromatic heterocycles. The summed E-state index contributed by atoms with van der Waals surface area (Å²) in [5.41, 5.74) is -0.502. The molecule has 0 radical (unpaired) electrons. The first kappa shape index (κ1) is 14.8. The van der Waals surface area contributed by atoms with Crippen molar-refractivity contribution in [2.24, 2.45) is 5.41 Å². The van der Waals surface area contributed by atoms with Crippen LogP contribution in [-0.4, -0.2) is 25.4 Å². The second-order valence-corrected chi connectivity index (χ2v) is 7.55. The Kier molecular flexibility index (Phi) is 3.51. The highest BCUT2D eigenvalue weighted by molar-refractivity contribution is 7.92. The molecule has 1 saturated carbocycles. The fourth-order valence-corrected chi connectivity index (χ4v) is 5.44. The van der Waals surface area contributed by atoms with E-state index in [2.05, 4.69) is 0 Å². The number of nitrogens with zero attached hydrogens (tertiary/aromatic N) is 1. The van der Waals surface area contributed by atoms with E-state index in [-0.39, 0.29) is 4.90 Å². The number of nitriles is 1. The molecular weight excluding hydrogens is 298 g/mol. The Hall–Kier alpha value is -2.16. The third kappa shape index (κ3) is 2.04. The molecular formula is C17H15NO3S. The first-order valence-electron chi connectivity index (χ1n) is 6.94. The van der Waals surface area contributed by atoms with Gasteiger partial charge in [-0.15, -0.1) is 0 Å². The fourth-order valence-electron chi connectivity index (χ4n) is 3.11. The van der Waals surface area contributed by atoms with Crippen molar-refractivity contribution in [1.29, 1.82) is 5.26 Å². The highest BCUT2D eigenvalue weighted by atomic mass is 32.2. The maximum Gasteiger partial charge on any atom is 0.183 e. The van der Waals surface area contributed by atoms with E-state index in [0.717, 1.165) is 5.56 Å². The van der Waals surface area contributed by atoms with Gasteiger partial charge in [-0.2, -0.15) is 5.26 Å². The lowest BCUT2D eigenvalue weighted by Gasteiger charge is -2.05. The van der Waals surface area contributed by atoms with Crippen LogP contribution in [0.1, 0.15) is 11.5 Å². The predicted molar refractivity (Wildman–Crippen MR) is 81.7 cm³/mol. The molecule has 4 nitrogen and oxygen atoms in total. The fraction of sp³-hybridized carbons (Fsp3) is 0.235. The van der Waals surface area contributed by atoms with E-state index in [1.165, 1.54) is 12.1 Å². The number of hydrogen-bond acceptors (Lipinski definition) is 4. The van der Waals surface area contributed by atoms with Gasteiger partial charge in [0.25, 0.3) is 0 Å². The maximum absolute atomic E-state index is 12.8. The van der Waals surface area contributed by atoms with Crippen molar-refractivity contribution < 1.29 is 13.5 Å². The minimum atomic E-state index is -3.68. The van der Waals surface area contributed by atoms with Crippen molar-refractivity contribution in [3.05, 3.63) is 66.2 Å². The zero-order chi connectivity index (χ0) is 15.8. The number of hydrogen-bond donors (Lipinski definition) is 1. The molecule has 2 aromatic carbocycles. The second-order valence-electron chi connectivity index (χ2n) is 5.48. The lowest BCUT2D eigenvalue weighted by Crippen LogP contribution is -2.18. The van der Waals surface area contributed by atoms with Crippen LogP contribution in [0.15, 0.2) is 65.6 Å². The summed E-state index contributed by atoms with van der Waals surface area (Å²) < 4.78 is 25.7. The van der Waals surface area contributed by atoms with Crippen molar-refractivity contribution in [1.82, 2.24) is 0 Å². The van der Waals surface area contributed by atoms with Gasteiger partial charge in [-0.3, -0.25) is 0 Å². The molecule has 0 unspecified atom stereocenters. The van der Waals surface area contributed by atoms with Crippen LogP contribution in [0.5, 0.6) is 0 Å². The standard InChI is InChI=1S/C17H15NO3S/c18-11-17(12-19)15(13-7-3-1-4-8-13)16(17)22(20,21)14-9-5-2-6-10-14/h1-10,15-16,19H,12H2/t15-,16+,17+/m1/s1. The number of sulfone groups is 1. The predicted octanol–water partition coefficient (Wildman–Crippen LogP) is 2.13. The molecule has 0 heterocycles. The van der Waals surface area contributed by atoms with E-state index in [0.29, 0.717) is 0 Å². The summed E-state index contributed by atoms with van der Waals surface area (Å²) in [5, 5.41) is 18.3. The highest BCUT2D eigenvalue weighted by Gasteiger charge is 2.72. The molecule has 3 atom stereocenters. The Bertz CT molecular complexity index is 812. The van der Waals surface area contributed by atoms with E-state index in [4.69, 9.17) is 0 Å². The van der Waals surface area contributed by atoms with Gasteiger partial charge >= 0.3 is 0 Å². The Morgan fingerprint density at radius 1 is 1.05 bits per heavy atom. The first-order valence-corrected chi connectivity index (χ1v) is 8.48. The Balaban J connectivity index is 2.08. The minimum Gasteiger partial charge on any atom is -0.395 e. The van der Waals surface area contributed by atoms with Gasteiger partial charge in [0.05, 0.1) is 22.8 Å². The van der Waals surface area contributed by atoms with E-state index < -0.39 is 33.0 Å². The van der Waals surface area contributed by atoms with Crippen LogP contribution in [0, 0.1) is 16.7 Å². The monoisotopic (exact) mass is 313 g/mol. The van der Waals surface area contributed by atoms with Gasteiger partial charge in [0.1, 0.15) is 5.41 Å². The van der Waals surface area contributed by atoms with Crippen molar-refractivity contribution >= 4 is 9.84 Å². The average Bonchev–Trinajstić information content (AvgIpc) is 3.27. The van der Waals surface area contributed by atoms with E-state index in [1.807, 2.05) is 12.1 Å². The molecule has 112 valence electrons. The highest BCUT2D eigenvalue weighted by Crippen LogP contribution is 2.63. The molecule has 0 bridgehead atoms. The lowest BCUT2D eigenvalue weighted by molar-refractivity contribution is 0.242. The zero-order valence-corrected chi connectivity index (χ0v) is 12.6. The van der Waals surface area contributed by atoms with Crippen LogP contribution < -0.4 is 0 Å². The molecule has 0 saturated heterocycles. The third-order valence-electron chi connectivity index (χ3n) is 4.29. The van der Waals surface area contributed by atoms with Gasteiger partial charge in [-0.05, 0) is 17.7 Å². The van der Waals surface area contributed by atoms with Crippen LogP contribution in [-0.2, 0) is 9.84 Å². The van der Waals surface area contributed by atoms with E-state index >= 15 is 0 Å². The van der Waals surface area contributed by atoms with E-state index in [9.17, 15) is 18.8 Å². The minimum absolute atomic E-state index is 0.187. The summed E-state index contributed by atoms with van der Waals surface area (Å²) in [6, 6.07) is 19.2. The molecule has 2 aromatic rings. The zero-order valence-electron chi connectivity index (χ0n) is 11.8. The average molecular weight is 313 g/mol. The van der Waals surface area contributed by atoms with Gasteiger partial charge < -0.3 is 5.11 Å². The molecule has 1 aliphatic carbocycles. The summed E-state index contributed by atoms with van der Waals surface area (Å²) in [6.45, 7) is -0.472. The largest absolute Gasteiger partial charge is 0.395 e. The number of aliphatic hydroxyl groups is 1. The molecule has 0 spiro atoms. The molecule has 5 heteroatoms. The number of benzene rings is 2. The third-order valence-corrected chi connectivity index (χ3v) is 6.58. The molecule has 0 aliphatic heterocycles. The summed E-state index contributed by atoms with van der Waals surface area (Å²) in [7, 11) is -3.68. The molecule has 3 rings (SSSR count). The summed E-state index contributed by atoms with van der Waals surface area (Å²) >= 11 is 0. The van der Waals surface area contributed by atoms with Crippen molar-refractivity contribution in [3.63, 3.8) is 0 Å². The summed E-state index contributed by atoms with van der Waals surface area (Å²) in [6.07, 6.45) is 0. The van der Waals surface area contributed by atoms with Gasteiger partial charge in [0.2, 0.25) is 0 Å². The van der Waals surface area contributed by atoms with Crippen LogP contribution in [0.3, 0.4) is 0 Å². The lowest BCUT2D eigenvalue weighted by atomic mass is 10.0.